The van der Waals surface area contributed by atoms with Crippen LogP contribution in [-0.2, 0) is 9.59 Å². The minimum absolute atomic E-state index is 0.278. The lowest BCUT2D eigenvalue weighted by Gasteiger charge is -2.34. The van der Waals surface area contributed by atoms with Crippen LogP contribution < -0.4 is 14.4 Å². The molecule has 1 aliphatic heterocycles. The summed E-state index contributed by atoms with van der Waals surface area (Å²) in [5, 5.41) is 50.6. The fourth-order valence-electron chi connectivity index (χ4n) is 4.90. The van der Waals surface area contributed by atoms with E-state index in [1.807, 2.05) is 18.2 Å². The molecule has 246 valence electrons. The molecule has 0 radical (unpaired) electrons. The normalized spacial score (nSPS) is 16.7. The molecular weight excluding hydrogens is 645 g/mol. The first-order valence-electron chi connectivity index (χ1n) is 13.8. The maximum absolute atomic E-state index is 12.8. The number of carboxylic acid groups (broad SMARTS) is 2. The van der Waals surface area contributed by atoms with Gasteiger partial charge in [-0.25, -0.2) is 9.59 Å². The maximum atomic E-state index is 12.8. The SMILES string of the molecule is COc1ccc(C(=O)C(O)(C(=O)O)C(O)(C(=O)O)C(=O)c2ccc(OC)cc2)cc1.OCCC1CCN(c2ccc(Cl)c(Cl)c2)C1. The molecule has 3 unspecified atom stereocenters. The number of aliphatic hydroxyl groups excluding tert-OH is 1. The molecule has 0 bridgehead atoms. The molecule has 4 rings (SSSR count). The Balaban J connectivity index is 0.000000300. The van der Waals surface area contributed by atoms with Gasteiger partial charge >= 0.3 is 11.9 Å². The molecule has 0 amide bonds. The number of aliphatic carboxylic acids is 2. The van der Waals surface area contributed by atoms with Crippen molar-refractivity contribution in [1.29, 1.82) is 0 Å². The van der Waals surface area contributed by atoms with Gasteiger partial charge in [-0.2, -0.15) is 0 Å². The zero-order valence-electron chi connectivity index (χ0n) is 24.9. The third-order valence-corrected chi connectivity index (χ3v) is 8.33. The number of carbonyl (C=O) groups excluding carboxylic acids is 2. The summed E-state index contributed by atoms with van der Waals surface area (Å²) < 4.78 is 9.81. The quantitative estimate of drug-likeness (QED) is 0.138. The van der Waals surface area contributed by atoms with E-state index in [-0.39, 0.29) is 18.1 Å². The molecule has 5 N–H and O–H groups in total. The van der Waals surface area contributed by atoms with Crippen molar-refractivity contribution < 1.29 is 54.2 Å². The highest BCUT2D eigenvalue weighted by molar-refractivity contribution is 6.42. The number of nitrogens with zero attached hydrogens (tertiary/aromatic N) is 1. The van der Waals surface area contributed by atoms with Gasteiger partial charge in [0.25, 0.3) is 11.2 Å². The van der Waals surface area contributed by atoms with Crippen LogP contribution in [0, 0.1) is 5.92 Å². The Morgan fingerprint density at radius 1 is 0.783 bits per heavy atom. The van der Waals surface area contributed by atoms with E-state index in [2.05, 4.69) is 4.90 Å². The summed E-state index contributed by atoms with van der Waals surface area (Å²) in [6, 6.07) is 14.9. The lowest BCUT2D eigenvalue weighted by molar-refractivity contribution is -0.187. The molecule has 1 saturated heterocycles. The molecule has 1 fully saturated rings. The summed E-state index contributed by atoms with van der Waals surface area (Å²) in [6.07, 6.45) is 2.03. The Hall–Kier alpha value is -4.20. The first-order valence-corrected chi connectivity index (χ1v) is 14.6. The van der Waals surface area contributed by atoms with Gasteiger partial charge in [0.1, 0.15) is 11.5 Å². The number of Topliss-reactive ketones (excluding diaryl/α,β-unsaturated/α-hetero) is 2. The zero-order valence-corrected chi connectivity index (χ0v) is 26.4. The highest BCUT2D eigenvalue weighted by Crippen LogP contribution is 2.33. The highest BCUT2D eigenvalue weighted by Gasteiger charge is 2.69. The van der Waals surface area contributed by atoms with Crippen molar-refractivity contribution in [3.63, 3.8) is 0 Å². The van der Waals surface area contributed by atoms with Crippen molar-refractivity contribution in [3.8, 4) is 11.5 Å². The van der Waals surface area contributed by atoms with Gasteiger partial charge in [0.05, 0.1) is 24.3 Å². The molecular formula is C32H33Cl2NO11. The fourth-order valence-corrected chi connectivity index (χ4v) is 5.19. The number of carboxylic acids is 2. The van der Waals surface area contributed by atoms with Crippen LogP contribution in [-0.4, -0.2) is 94.2 Å². The average molecular weight is 679 g/mol. The predicted octanol–water partition coefficient (Wildman–Crippen LogP) is 3.60. The van der Waals surface area contributed by atoms with Crippen LogP contribution in [0.5, 0.6) is 11.5 Å². The van der Waals surface area contributed by atoms with E-state index in [1.165, 1.54) is 38.5 Å². The Morgan fingerprint density at radius 3 is 1.61 bits per heavy atom. The van der Waals surface area contributed by atoms with Gasteiger partial charge in [0.15, 0.2) is 0 Å². The van der Waals surface area contributed by atoms with Gasteiger partial charge in [-0.15, -0.1) is 0 Å². The minimum Gasteiger partial charge on any atom is -0.497 e. The number of hydrogen-bond acceptors (Lipinski definition) is 10. The summed E-state index contributed by atoms with van der Waals surface area (Å²) in [6.45, 7) is 2.31. The standard InChI is InChI=1S/C20H18O10.C12H15Cl2NO/c1-29-13-7-3-11(4-8-13)15(21)19(27,17(23)24)20(28,18(25)26)16(22)12-5-9-14(30-2)10-6-12;13-11-2-1-10(7-12(11)14)15-5-3-9(8-15)4-6-16/h3-10,27-28H,1-2H3,(H,23,24)(H,25,26);1-2,7,9,16H,3-6,8H2. The average Bonchev–Trinajstić information content (AvgIpc) is 3.53. The fraction of sp³-hybridized carbons (Fsp3) is 0.312. The number of aliphatic hydroxyl groups is 3. The van der Waals surface area contributed by atoms with Gasteiger partial charge in [-0.3, -0.25) is 9.59 Å². The van der Waals surface area contributed by atoms with Crippen LogP contribution in [0.25, 0.3) is 0 Å². The van der Waals surface area contributed by atoms with Crippen LogP contribution in [0.15, 0.2) is 66.7 Å². The Kier molecular flexibility index (Phi) is 12.1. The zero-order chi connectivity index (χ0) is 34.2. The van der Waals surface area contributed by atoms with E-state index in [4.69, 9.17) is 37.8 Å². The number of benzene rings is 3. The molecule has 3 aromatic carbocycles. The van der Waals surface area contributed by atoms with Gasteiger partial charge in [-0.05, 0) is 85.5 Å². The number of halogens is 2. The van der Waals surface area contributed by atoms with E-state index >= 15 is 0 Å². The van der Waals surface area contributed by atoms with Crippen molar-refractivity contribution in [1.82, 2.24) is 0 Å². The molecule has 0 spiro atoms. The molecule has 3 aromatic rings. The molecule has 0 aromatic heterocycles. The van der Waals surface area contributed by atoms with Crippen molar-refractivity contribution >= 4 is 52.4 Å². The number of anilines is 1. The van der Waals surface area contributed by atoms with Gasteiger partial charge in [0, 0.05) is 36.5 Å². The number of ketones is 2. The van der Waals surface area contributed by atoms with Crippen LogP contribution in [0.4, 0.5) is 5.69 Å². The second-order valence-electron chi connectivity index (χ2n) is 10.4. The number of carbonyl (C=O) groups is 4. The van der Waals surface area contributed by atoms with Gasteiger partial charge in [-0.1, -0.05) is 23.2 Å². The van der Waals surface area contributed by atoms with E-state index < -0.39 is 45.8 Å². The summed E-state index contributed by atoms with van der Waals surface area (Å²) in [7, 11) is 2.67. The van der Waals surface area contributed by atoms with Crippen molar-refractivity contribution in [2.24, 2.45) is 5.92 Å². The van der Waals surface area contributed by atoms with E-state index in [9.17, 15) is 39.6 Å². The molecule has 0 saturated carbocycles. The van der Waals surface area contributed by atoms with E-state index in [0.29, 0.717) is 16.0 Å². The van der Waals surface area contributed by atoms with Crippen molar-refractivity contribution in [3.05, 3.63) is 87.9 Å². The first kappa shape index (κ1) is 36.3. The Labute approximate surface area is 274 Å². The van der Waals surface area contributed by atoms with E-state index in [1.54, 1.807) is 0 Å². The summed E-state index contributed by atoms with van der Waals surface area (Å²) in [5.74, 6) is -7.08. The monoisotopic (exact) mass is 677 g/mol. The molecule has 0 aliphatic carbocycles. The second-order valence-corrected chi connectivity index (χ2v) is 11.2. The van der Waals surface area contributed by atoms with Crippen LogP contribution in [0.1, 0.15) is 33.6 Å². The topological polar surface area (TPSA) is 191 Å². The number of hydrogen-bond donors (Lipinski definition) is 5. The number of ether oxygens (including phenoxy) is 2. The van der Waals surface area contributed by atoms with Gasteiger partial charge in [0.2, 0.25) is 11.6 Å². The maximum Gasteiger partial charge on any atom is 0.348 e. The molecule has 1 aliphatic rings. The third-order valence-electron chi connectivity index (χ3n) is 7.60. The lowest BCUT2D eigenvalue weighted by Crippen LogP contribution is -2.71. The summed E-state index contributed by atoms with van der Waals surface area (Å²) in [4.78, 5) is 51.7. The van der Waals surface area contributed by atoms with E-state index in [0.717, 1.165) is 55.9 Å². The summed E-state index contributed by atoms with van der Waals surface area (Å²) >= 11 is 11.9. The highest BCUT2D eigenvalue weighted by atomic mass is 35.5. The molecule has 12 nitrogen and oxygen atoms in total. The van der Waals surface area contributed by atoms with Crippen LogP contribution >= 0.6 is 23.2 Å². The molecule has 3 atom stereocenters. The molecule has 14 heteroatoms. The minimum atomic E-state index is -4.04. The van der Waals surface area contributed by atoms with Crippen LogP contribution in [0.3, 0.4) is 0 Å². The Morgan fingerprint density at radius 2 is 1.24 bits per heavy atom. The number of rotatable bonds is 12. The third kappa shape index (κ3) is 7.43. The van der Waals surface area contributed by atoms with Crippen molar-refractivity contribution in [2.45, 2.75) is 24.0 Å². The van der Waals surface area contributed by atoms with Crippen LogP contribution in [0.2, 0.25) is 10.0 Å². The lowest BCUT2D eigenvalue weighted by atomic mass is 9.73. The summed E-state index contributed by atoms with van der Waals surface area (Å²) in [5.41, 5.74) is -7.89. The first-order chi connectivity index (χ1) is 21.7. The number of methoxy groups -OCH3 is 2. The van der Waals surface area contributed by atoms with Gasteiger partial charge < -0.3 is 39.9 Å². The predicted molar refractivity (Wildman–Crippen MR) is 168 cm³/mol. The molecule has 46 heavy (non-hydrogen) atoms. The largest absolute Gasteiger partial charge is 0.497 e. The smallest absolute Gasteiger partial charge is 0.348 e. The second kappa shape index (κ2) is 15.4. The molecule has 1 heterocycles. The van der Waals surface area contributed by atoms with Crippen molar-refractivity contribution in [2.75, 3.05) is 38.8 Å². The Bertz CT molecular complexity index is 1480.